The topological polar surface area (TPSA) is 37.3 Å². The second-order valence-corrected chi connectivity index (χ2v) is 8.46. The molecule has 0 aliphatic heterocycles. The molecule has 0 amide bonds. The summed E-state index contributed by atoms with van der Waals surface area (Å²) < 4.78 is 279. The van der Waals surface area contributed by atoms with Gasteiger partial charge in [-0.05, 0) is 12.8 Å². The maximum atomic E-state index is 13.8. The first-order valence-electron chi connectivity index (χ1n) is 10.4. The van der Waals surface area contributed by atoms with Crippen molar-refractivity contribution in [2.75, 3.05) is 0 Å². The Morgan fingerprint density at radius 3 is 0.976 bits per heavy atom. The van der Waals surface area contributed by atoms with Crippen molar-refractivity contribution in [2.24, 2.45) is 0 Å². The number of carboxylic acids is 1. The van der Waals surface area contributed by atoms with E-state index >= 15 is 0 Å². The first-order valence-corrected chi connectivity index (χ1v) is 10.4. The predicted molar refractivity (Wildman–Crippen MR) is 90.5 cm³/mol. The highest BCUT2D eigenvalue weighted by Gasteiger charge is 2.97. The van der Waals surface area contributed by atoms with Crippen LogP contribution in [0, 0.1) is 0 Å². The molecule has 0 rings (SSSR count). The van der Waals surface area contributed by atoms with Crippen LogP contribution < -0.4 is 0 Å². The molecule has 0 saturated carbocycles. The summed E-state index contributed by atoms with van der Waals surface area (Å²) in [5, 5.41) is 8.34. The average Bonchev–Trinajstić information content (AvgIpc) is 2.76. The molecule has 246 valence electrons. The largest absolute Gasteiger partial charge is 0.481 e. The van der Waals surface area contributed by atoms with Crippen LogP contribution in [0.1, 0.15) is 44.9 Å². The van der Waals surface area contributed by atoms with Crippen molar-refractivity contribution in [1.82, 2.24) is 0 Å². The third-order valence-electron chi connectivity index (χ3n) is 5.46. The molecular weight excluding hydrogens is 647 g/mol. The molecule has 1 N–H and O–H groups in total. The van der Waals surface area contributed by atoms with Gasteiger partial charge in [-0.2, -0.15) is 92.2 Å². The van der Waals surface area contributed by atoms with Gasteiger partial charge in [0.2, 0.25) is 0 Å². The summed E-state index contributed by atoms with van der Waals surface area (Å²) in [6, 6.07) is 0. The Morgan fingerprint density at radius 2 is 0.659 bits per heavy atom. The van der Waals surface area contributed by atoms with Crippen molar-refractivity contribution in [3.63, 3.8) is 0 Å². The van der Waals surface area contributed by atoms with Gasteiger partial charge in [0.15, 0.2) is 0 Å². The zero-order valence-electron chi connectivity index (χ0n) is 19.2. The van der Waals surface area contributed by atoms with Crippen molar-refractivity contribution in [3.05, 3.63) is 0 Å². The molecule has 0 fully saturated rings. The Morgan fingerprint density at radius 1 is 0.390 bits per heavy atom. The van der Waals surface area contributed by atoms with Gasteiger partial charge < -0.3 is 5.11 Å². The van der Waals surface area contributed by atoms with Gasteiger partial charge in [0, 0.05) is 12.8 Å². The number of halogens is 21. The Hall–Kier alpha value is -2.00. The lowest BCUT2D eigenvalue weighted by Crippen LogP contribution is -2.76. The second-order valence-electron chi connectivity index (χ2n) is 8.46. The molecule has 0 aliphatic rings. The number of rotatable bonds is 16. The van der Waals surface area contributed by atoms with Crippen molar-refractivity contribution in [2.45, 2.75) is 104 Å². The third kappa shape index (κ3) is 6.08. The van der Waals surface area contributed by atoms with Crippen LogP contribution in [0.3, 0.4) is 0 Å². The third-order valence-corrected chi connectivity index (χ3v) is 5.46. The number of unbranched alkanes of at least 4 members (excludes halogenated alkanes) is 4. The van der Waals surface area contributed by atoms with E-state index in [-0.39, 0.29) is 19.3 Å². The lowest BCUT2D eigenvalue weighted by atomic mass is 9.85. The molecule has 0 aromatic carbocycles. The van der Waals surface area contributed by atoms with Crippen LogP contribution in [0.2, 0.25) is 0 Å². The van der Waals surface area contributed by atoms with E-state index in [2.05, 4.69) is 0 Å². The molecule has 0 radical (unpaired) electrons. The predicted octanol–water partition coefficient (Wildman–Crippen LogP) is 9.08. The molecule has 0 atom stereocenters. The first kappa shape index (κ1) is 39.0. The summed E-state index contributed by atoms with van der Waals surface area (Å²) in [6.07, 6.45) is -13.7. The average molecular weight is 662 g/mol. The van der Waals surface area contributed by atoms with E-state index in [1.807, 2.05) is 0 Å². The fourth-order valence-corrected chi connectivity index (χ4v) is 2.90. The standard InChI is InChI=1S/C18H15F21O2/c19-9(20,7-5-3-1-2-4-6-8(40)41)10(21,22)11(23,24)12(25,26)13(27,28)14(29,30)15(31,32)16(33,34)17(35,36)18(37,38)39/h1-7H2,(H,40,41). The highest BCUT2D eigenvalue weighted by Crippen LogP contribution is 2.66. The fourth-order valence-electron chi connectivity index (χ4n) is 2.90. The number of hydrogen-bond donors (Lipinski definition) is 1. The normalized spacial score (nSPS) is 15.8. The summed E-state index contributed by atoms with van der Waals surface area (Å²) in [5.74, 6) is -78.1. The molecule has 41 heavy (non-hydrogen) atoms. The fraction of sp³-hybridized carbons (Fsp3) is 0.944. The Balaban J connectivity index is 6.38. The van der Waals surface area contributed by atoms with Gasteiger partial charge in [0.25, 0.3) is 0 Å². The van der Waals surface area contributed by atoms with E-state index in [0.717, 1.165) is 0 Å². The molecule has 0 aromatic rings. The highest BCUT2D eigenvalue weighted by molar-refractivity contribution is 5.66. The van der Waals surface area contributed by atoms with E-state index in [1.165, 1.54) is 0 Å². The van der Waals surface area contributed by atoms with Gasteiger partial charge >= 0.3 is 65.4 Å². The molecule has 0 aromatic heterocycles. The Bertz CT molecular complexity index is 905. The quantitative estimate of drug-likeness (QED) is 0.132. The molecule has 0 unspecified atom stereocenters. The monoisotopic (exact) mass is 662 g/mol. The number of carbonyl (C=O) groups is 1. The first-order chi connectivity index (χ1) is 17.7. The summed E-state index contributed by atoms with van der Waals surface area (Å²) in [7, 11) is 0. The van der Waals surface area contributed by atoms with E-state index in [9.17, 15) is 97.0 Å². The van der Waals surface area contributed by atoms with Crippen LogP contribution in [0.5, 0.6) is 0 Å². The van der Waals surface area contributed by atoms with Gasteiger partial charge in [0.05, 0.1) is 0 Å². The van der Waals surface area contributed by atoms with Gasteiger partial charge in [-0.15, -0.1) is 0 Å². The van der Waals surface area contributed by atoms with Crippen LogP contribution in [-0.4, -0.2) is 70.6 Å². The molecule has 23 heteroatoms. The minimum atomic E-state index is -9.17. The SMILES string of the molecule is O=C(O)CCCCCCCC(F)(F)C(F)(F)C(F)(F)C(F)(F)C(F)(F)C(F)(F)C(F)(F)C(F)(F)C(F)(F)C(F)(F)F. The molecular formula is C18H15F21O2. The van der Waals surface area contributed by atoms with Crippen LogP contribution in [0.15, 0.2) is 0 Å². The Kier molecular flexibility index (Phi) is 10.7. The highest BCUT2D eigenvalue weighted by atomic mass is 19.4. The Labute approximate surface area is 213 Å². The summed E-state index contributed by atoms with van der Waals surface area (Å²) in [4.78, 5) is 10.3. The van der Waals surface area contributed by atoms with Crippen LogP contribution in [-0.2, 0) is 4.79 Å². The molecule has 0 heterocycles. The van der Waals surface area contributed by atoms with Crippen LogP contribution in [0.4, 0.5) is 92.2 Å². The van der Waals surface area contributed by atoms with Gasteiger partial charge in [-0.25, -0.2) is 0 Å². The maximum absolute atomic E-state index is 13.8. The van der Waals surface area contributed by atoms with E-state index < -0.39 is 91.1 Å². The lowest BCUT2D eigenvalue weighted by Gasteiger charge is -2.44. The van der Waals surface area contributed by atoms with E-state index in [1.54, 1.807) is 0 Å². The number of hydrogen-bond acceptors (Lipinski definition) is 1. The molecule has 2 nitrogen and oxygen atoms in total. The number of aliphatic carboxylic acids is 1. The molecule has 0 spiro atoms. The van der Waals surface area contributed by atoms with Crippen molar-refractivity contribution >= 4 is 5.97 Å². The number of carboxylic acid groups (broad SMARTS) is 1. The smallest absolute Gasteiger partial charge is 0.460 e. The minimum absolute atomic E-state index is 0.115. The maximum Gasteiger partial charge on any atom is 0.460 e. The van der Waals surface area contributed by atoms with Gasteiger partial charge in [-0.1, -0.05) is 19.3 Å². The van der Waals surface area contributed by atoms with Crippen LogP contribution >= 0.6 is 0 Å². The van der Waals surface area contributed by atoms with Crippen LogP contribution in [0.25, 0.3) is 0 Å². The molecule has 0 bridgehead atoms. The van der Waals surface area contributed by atoms with Gasteiger partial charge in [-0.3, -0.25) is 4.79 Å². The number of alkyl halides is 21. The van der Waals surface area contributed by atoms with Crippen molar-refractivity contribution in [3.8, 4) is 0 Å². The zero-order chi connectivity index (χ0) is 33.5. The molecule has 0 aliphatic carbocycles. The van der Waals surface area contributed by atoms with Crippen molar-refractivity contribution in [1.29, 1.82) is 0 Å². The second kappa shape index (κ2) is 11.3. The summed E-state index contributed by atoms with van der Waals surface area (Å²) in [6.45, 7) is 0. The summed E-state index contributed by atoms with van der Waals surface area (Å²) >= 11 is 0. The van der Waals surface area contributed by atoms with E-state index in [0.29, 0.717) is 0 Å². The van der Waals surface area contributed by atoms with Crippen molar-refractivity contribution < 1.29 is 102 Å². The van der Waals surface area contributed by atoms with Gasteiger partial charge in [0.1, 0.15) is 0 Å². The zero-order valence-corrected chi connectivity index (χ0v) is 19.2. The minimum Gasteiger partial charge on any atom is -0.481 e. The summed E-state index contributed by atoms with van der Waals surface area (Å²) in [5.41, 5.74) is 0. The lowest BCUT2D eigenvalue weighted by molar-refractivity contribution is -0.474. The van der Waals surface area contributed by atoms with E-state index in [4.69, 9.17) is 5.11 Å². The molecule has 0 saturated heterocycles.